The standard InChI is InChI=1S/C14H38F3N3Si4/c1-13(2,3)23(15,14(4,5)6)18-19-24(16,17)20(21(7,8)9)22(10,11)12/h18-19H,1-12H3. The number of hydrogen-bond donors (Lipinski definition) is 2. The summed E-state index contributed by atoms with van der Waals surface area (Å²) >= 11 is 0. The molecule has 0 heterocycles. The van der Waals surface area contributed by atoms with Crippen molar-refractivity contribution in [3.8, 4) is 0 Å². The molecular weight excluding hydrogens is 380 g/mol. The first-order valence-electron chi connectivity index (χ1n) is 8.49. The van der Waals surface area contributed by atoms with E-state index < -0.39 is 44.2 Å². The van der Waals surface area contributed by atoms with Crippen molar-refractivity contribution >= 4 is 34.1 Å². The first-order chi connectivity index (χ1) is 10.1. The van der Waals surface area contributed by atoms with Gasteiger partial charge in [0.15, 0.2) is 0 Å². The lowest BCUT2D eigenvalue weighted by Crippen LogP contribution is -2.79. The van der Waals surface area contributed by atoms with E-state index in [0.717, 1.165) is 0 Å². The lowest BCUT2D eigenvalue weighted by Gasteiger charge is -2.49. The molecule has 0 aliphatic carbocycles. The second kappa shape index (κ2) is 6.93. The van der Waals surface area contributed by atoms with Gasteiger partial charge in [0.1, 0.15) is 16.5 Å². The van der Waals surface area contributed by atoms with Crippen LogP contribution in [0.1, 0.15) is 41.5 Å². The summed E-state index contributed by atoms with van der Waals surface area (Å²) in [4.78, 5) is 0. The smallest absolute Gasteiger partial charge is 0.303 e. The molecule has 10 heteroatoms. The van der Waals surface area contributed by atoms with E-state index in [0.29, 0.717) is 0 Å². The highest BCUT2D eigenvalue weighted by atomic mass is 28.5. The van der Waals surface area contributed by atoms with Gasteiger partial charge >= 0.3 is 17.6 Å². The van der Waals surface area contributed by atoms with E-state index in [9.17, 15) is 0 Å². The number of hydrazine groups is 1. The summed E-state index contributed by atoms with van der Waals surface area (Å²) in [6, 6.07) is 0. The normalized spacial score (nSPS) is 16.0. The Balaban J connectivity index is 5.72. The third-order valence-corrected chi connectivity index (χ3v) is 22.3. The highest BCUT2D eigenvalue weighted by Crippen LogP contribution is 2.49. The number of nitrogens with one attached hydrogen (secondary N) is 2. The van der Waals surface area contributed by atoms with Gasteiger partial charge in [-0.25, -0.2) is 13.3 Å². The zero-order valence-electron chi connectivity index (χ0n) is 17.6. The number of rotatable bonds is 6. The minimum absolute atomic E-state index is 0.702. The zero-order valence-corrected chi connectivity index (χ0v) is 21.6. The van der Waals surface area contributed by atoms with Crippen molar-refractivity contribution in [3.63, 3.8) is 0 Å². The van der Waals surface area contributed by atoms with E-state index in [1.54, 1.807) is 41.5 Å². The molecule has 0 fully saturated rings. The Morgan fingerprint density at radius 2 is 0.917 bits per heavy atom. The van der Waals surface area contributed by atoms with E-state index in [4.69, 9.17) is 0 Å². The Bertz CT molecular complexity index is 407. The molecule has 0 radical (unpaired) electrons. The fraction of sp³-hybridized carbons (Fsp3) is 1.00. The van der Waals surface area contributed by atoms with Gasteiger partial charge < -0.3 is 3.90 Å². The van der Waals surface area contributed by atoms with E-state index in [1.165, 1.54) is 3.90 Å². The number of halogens is 3. The predicted octanol–water partition coefficient (Wildman–Crippen LogP) is 5.44. The number of nitrogens with zero attached hydrogens (tertiary/aromatic N) is 1. The Morgan fingerprint density at radius 3 is 1.12 bits per heavy atom. The molecule has 0 bridgehead atoms. The summed E-state index contributed by atoms with van der Waals surface area (Å²) in [6.07, 6.45) is 0. The lowest BCUT2D eigenvalue weighted by molar-refractivity contribution is 0.430. The maximum absolute atomic E-state index is 15.9. The van der Waals surface area contributed by atoms with Crippen molar-refractivity contribution in [1.82, 2.24) is 14.1 Å². The summed E-state index contributed by atoms with van der Waals surface area (Å²) in [5.74, 6) is 0. The van der Waals surface area contributed by atoms with Crippen LogP contribution in [-0.2, 0) is 0 Å². The molecule has 0 aromatic rings. The Kier molecular flexibility index (Phi) is 7.08. The van der Waals surface area contributed by atoms with Crippen molar-refractivity contribution in [2.24, 2.45) is 0 Å². The highest BCUT2D eigenvalue weighted by molar-refractivity contribution is 7.00. The molecule has 0 aliphatic rings. The first kappa shape index (κ1) is 24.5. The van der Waals surface area contributed by atoms with Crippen LogP contribution < -0.4 is 10.2 Å². The molecular formula is C14H38F3N3Si4. The van der Waals surface area contributed by atoms with Gasteiger partial charge in [-0.1, -0.05) is 80.8 Å². The van der Waals surface area contributed by atoms with Crippen molar-refractivity contribution < 1.29 is 12.3 Å². The molecule has 0 spiro atoms. The van der Waals surface area contributed by atoms with E-state index in [1.807, 2.05) is 39.3 Å². The molecule has 0 atom stereocenters. The summed E-state index contributed by atoms with van der Waals surface area (Å²) in [5.41, 5.74) is 0. The first-order valence-corrected chi connectivity index (χ1v) is 19.0. The second-order valence-electron chi connectivity index (χ2n) is 10.6. The minimum atomic E-state index is -4.98. The molecule has 0 amide bonds. The Labute approximate surface area is 151 Å². The summed E-state index contributed by atoms with van der Waals surface area (Å²) in [7, 11) is -13.2. The molecule has 0 rings (SSSR count). The molecule has 0 aromatic heterocycles. The molecule has 146 valence electrons. The summed E-state index contributed by atoms with van der Waals surface area (Å²) < 4.78 is 47.7. The fourth-order valence-electron chi connectivity index (χ4n) is 3.57. The van der Waals surface area contributed by atoms with Gasteiger partial charge in [0.05, 0.1) is 0 Å². The number of hydrogen-bond acceptors (Lipinski definition) is 3. The van der Waals surface area contributed by atoms with Crippen LogP contribution in [-0.4, -0.2) is 38.0 Å². The average Bonchev–Trinajstić information content (AvgIpc) is 2.17. The van der Waals surface area contributed by atoms with Gasteiger partial charge in [-0.2, -0.15) is 0 Å². The molecule has 3 nitrogen and oxygen atoms in total. The van der Waals surface area contributed by atoms with Gasteiger partial charge in [-0.3, -0.25) is 9.20 Å². The fourth-order valence-corrected chi connectivity index (χ4v) is 23.1. The van der Waals surface area contributed by atoms with Crippen molar-refractivity contribution in [1.29, 1.82) is 0 Å². The van der Waals surface area contributed by atoms with Crippen molar-refractivity contribution in [3.05, 3.63) is 0 Å². The van der Waals surface area contributed by atoms with Crippen LogP contribution in [0.3, 0.4) is 0 Å². The second-order valence-corrected chi connectivity index (χ2v) is 27.9. The van der Waals surface area contributed by atoms with Crippen LogP contribution in [0, 0.1) is 0 Å². The molecule has 24 heavy (non-hydrogen) atoms. The van der Waals surface area contributed by atoms with Gasteiger partial charge in [-0.15, -0.1) is 0 Å². The quantitative estimate of drug-likeness (QED) is 0.342. The highest BCUT2D eigenvalue weighted by Gasteiger charge is 2.60. The molecule has 0 saturated heterocycles. The maximum atomic E-state index is 15.9. The molecule has 0 unspecified atom stereocenters. The monoisotopic (exact) mass is 417 g/mol. The minimum Gasteiger partial charge on any atom is -0.303 e. The van der Waals surface area contributed by atoms with Crippen LogP contribution in [0.15, 0.2) is 0 Å². The average molecular weight is 418 g/mol. The SMILES string of the molecule is CC(C)(C)[Si](F)(NN[Si](F)(F)N([Si](C)(C)C)[Si](C)(C)C)C(C)(C)C. The van der Waals surface area contributed by atoms with Crippen LogP contribution in [0.25, 0.3) is 0 Å². The summed E-state index contributed by atoms with van der Waals surface area (Å²) in [5, 5.41) is 3.44. The molecule has 0 saturated carbocycles. The van der Waals surface area contributed by atoms with E-state index in [2.05, 4.69) is 10.2 Å². The van der Waals surface area contributed by atoms with E-state index in [-0.39, 0.29) is 0 Å². The van der Waals surface area contributed by atoms with Crippen LogP contribution in [0.5, 0.6) is 0 Å². The molecule has 0 aliphatic heterocycles. The van der Waals surface area contributed by atoms with Gasteiger partial charge in [0, 0.05) is 10.1 Å². The third-order valence-electron chi connectivity index (χ3n) is 4.07. The van der Waals surface area contributed by atoms with Gasteiger partial charge in [0.25, 0.3) is 0 Å². The summed E-state index contributed by atoms with van der Waals surface area (Å²) in [6.45, 7) is 22.3. The Morgan fingerprint density at radius 1 is 0.625 bits per heavy atom. The zero-order chi connectivity index (χ0) is 20.0. The van der Waals surface area contributed by atoms with Crippen LogP contribution in [0.4, 0.5) is 12.3 Å². The van der Waals surface area contributed by atoms with Crippen LogP contribution in [0.2, 0.25) is 49.4 Å². The lowest BCUT2D eigenvalue weighted by atomic mass is 10.2. The topological polar surface area (TPSA) is 27.3 Å². The predicted molar refractivity (Wildman–Crippen MR) is 109 cm³/mol. The van der Waals surface area contributed by atoms with Crippen molar-refractivity contribution in [2.75, 3.05) is 0 Å². The van der Waals surface area contributed by atoms with E-state index >= 15 is 12.3 Å². The maximum Gasteiger partial charge on any atom is 0.596 e. The third kappa shape index (κ3) is 5.52. The largest absolute Gasteiger partial charge is 0.596 e. The van der Waals surface area contributed by atoms with Crippen molar-refractivity contribution in [2.45, 2.75) is 90.9 Å². The molecule has 0 aromatic carbocycles. The Hall–Kier alpha value is 0.538. The molecule has 2 N–H and O–H groups in total. The van der Waals surface area contributed by atoms with Gasteiger partial charge in [-0.05, 0) is 0 Å². The van der Waals surface area contributed by atoms with Crippen LogP contribution >= 0.6 is 0 Å². The van der Waals surface area contributed by atoms with Gasteiger partial charge in [0.2, 0.25) is 0 Å².